The van der Waals surface area contributed by atoms with Crippen molar-refractivity contribution in [2.75, 3.05) is 11.9 Å². The maximum absolute atomic E-state index is 13.2. The number of rotatable bonds is 14. The molecule has 0 radical (unpaired) electrons. The lowest BCUT2D eigenvalue weighted by molar-refractivity contribution is -0.689. The van der Waals surface area contributed by atoms with Crippen molar-refractivity contribution in [3.05, 3.63) is 75.7 Å². The summed E-state index contributed by atoms with van der Waals surface area (Å²) in [6.45, 7) is 12.4. The molecular formula is C32H45N2O2S+. The topological polar surface area (TPSA) is 42.2 Å². The number of aryl methyl sites for hydroxylation is 1. The number of nitrogens with one attached hydrogen (secondary N) is 1. The molecule has 0 unspecified atom stereocenters. The predicted octanol–water partition coefficient (Wildman–Crippen LogP) is 8.46. The van der Waals surface area contributed by atoms with Crippen molar-refractivity contribution in [1.29, 1.82) is 0 Å². The molecular weight excluding hydrogens is 476 g/mol. The molecule has 2 aromatic carbocycles. The largest absolute Gasteiger partial charge is 0.493 e. The van der Waals surface area contributed by atoms with Crippen LogP contribution in [0.3, 0.4) is 0 Å². The second-order valence-electron chi connectivity index (χ2n) is 11.1. The lowest BCUT2D eigenvalue weighted by Crippen LogP contribution is -2.34. The van der Waals surface area contributed by atoms with Crippen LogP contribution < -0.4 is 14.6 Å². The summed E-state index contributed by atoms with van der Waals surface area (Å²) in [6.07, 6.45) is 10.3. The van der Waals surface area contributed by atoms with Crippen LogP contribution in [-0.2, 0) is 12.0 Å². The van der Waals surface area contributed by atoms with E-state index in [0.29, 0.717) is 5.56 Å². The monoisotopic (exact) mass is 521 g/mol. The van der Waals surface area contributed by atoms with Crippen molar-refractivity contribution in [3.63, 3.8) is 0 Å². The summed E-state index contributed by atoms with van der Waals surface area (Å²) in [4.78, 5) is 13.2. The zero-order valence-electron chi connectivity index (χ0n) is 23.4. The third-order valence-electron chi connectivity index (χ3n) is 6.72. The van der Waals surface area contributed by atoms with E-state index in [4.69, 9.17) is 4.74 Å². The van der Waals surface area contributed by atoms with Gasteiger partial charge in [0.15, 0.2) is 12.2 Å². The van der Waals surface area contributed by atoms with Crippen LogP contribution in [0.5, 0.6) is 5.75 Å². The summed E-state index contributed by atoms with van der Waals surface area (Å²) < 4.78 is 8.42. The van der Waals surface area contributed by atoms with Crippen LogP contribution >= 0.6 is 11.3 Å². The van der Waals surface area contributed by atoms with E-state index in [2.05, 4.69) is 61.5 Å². The number of hydrogen-bond acceptors (Lipinski definition) is 3. The first kappa shape index (κ1) is 28.9. The molecule has 0 saturated heterocycles. The Balaban J connectivity index is 1.58. The van der Waals surface area contributed by atoms with Gasteiger partial charge in [0.2, 0.25) is 5.51 Å². The van der Waals surface area contributed by atoms with Gasteiger partial charge in [-0.2, -0.15) is 4.57 Å². The van der Waals surface area contributed by atoms with E-state index < -0.39 is 0 Å². The van der Waals surface area contributed by atoms with E-state index in [9.17, 15) is 4.79 Å². The number of amides is 1. The van der Waals surface area contributed by atoms with Gasteiger partial charge in [0.1, 0.15) is 5.75 Å². The van der Waals surface area contributed by atoms with Gasteiger partial charge in [0, 0.05) is 29.3 Å². The van der Waals surface area contributed by atoms with Gasteiger partial charge >= 0.3 is 0 Å². The van der Waals surface area contributed by atoms with Crippen LogP contribution in [0.2, 0.25) is 0 Å². The Bertz CT molecular complexity index is 1130. The fourth-order valence-electron chi connectivity index (χ4n) is 4.46. The lowest BCUT2D eigenvalue weighted by Gasteiger charge is -2.23. The van der Waals surface area contributed by atoms with Crippen molar-refractivity contribution in [3.8, 4) is 5.75 Å². The molecule has 37 heavy (non-hydrogen) atoms. The SMILES string of the molecule is CCCCCCCCCCOc1ccc(C(=O)Nc2cccc(C[n+]3cscc3C)c2)cc1C(C)(C)C. The summed E-state index contributed by atoms with van der Waals surface area (Å²) >= 11 is 1.70. The zero-order chi connectivity index (χ0) is 26.7. The first-order valence-corrected chi connectivity index (χ1v) is 14.8. The fourth-order valence-corrected chi connectivity index (χ4v) is 5.24. The predicted molar refractivity (Wildman–Crippen MR) is 156 cm³/mol. The minimum atomic E-state index is -0.125. The van der Waals surface area contributed by atoms with Gasteiger partial charge in [-0.05, 0) is 42.2 Å². The van der Waals surface area contributed by atoms with E-state index in [-0.39, 0.29) is 11.3 Å². The minimum Gasteiger partial charge on any atom is -0.493 e. The van der Waals surface area contributed by atoms with Crippen molar-refractivity contribution in [2.24, 2.45) is 0 Å². The van der Waals surface area contributed by atoms with E-state index in [1.165, 1.54) is 50.6 Å². The maximum Gasteiger partial charge on any atom is 0.255 e. The number of anilines is 1. The van der Waals surface area contributed by atoms with Crippen LogP contribution in [0, 0.1) is 6.92 Å². The molecule has 0 spiro atoms. The Morgan fingerprint density at radius 3 is 2.38 bits per heavy atom. The number of aromatic nitrogens is 1. The average Bonchev–Trinajstić information content (AvgIpc) is 3.26. The molecule has 200 valence electrons. The average molecular weight is 522 g/mol. The number of benzene rings is 2. The molecule has 1 heterocycles. The molecule has 0 saturated carbocycles. The van der Waals surface area contributed by atoms with Crippen molar-refractivity contribution < 1.29 is 14.1 Å². The number of hydrogen-bond donors (Lipinski definition) is 1. The lowest BCUT2D eigenvalue weighted by atomic mass is 9.85. The number of carbonyl (C=O) groups excluding carboxylic acids is 1. The summed E-state index contributed by atoms with van der Waals surface area (Å²) in [5.41, 5.74) is 6.91. The number of ether oxygens (including phenoxy) is 1. The van der Waals surface area contributed by atoms with Gasteiger partial charge < -0.3 is 10.1 Å². The zero-order valence-corrected chi connectivity index (χ0v) is 24.3. The van der Waals surface area contributed by atoms with Gasteiger partial charge in [-0.1, -0.05) is 96.1 Å². The Labute approximate surface area is 228 Å². The summed E-state index contributed by atoms with van der Waals surface area (Å²) in [5, 5.41) is 5.23. The highest BCUT2D eigenvalue weighted by Crippen LogP contribution is 2.32. The molecule has 0 bridgehead atoms. The van der Waals surface area contributed by atoms with Crippen LogP contribution in [-0.4, -0.2) is 12.5 Å². The Morgan fingerprint density at radius 1 is 0.973 bits per heavy atom. The molecule has 0 aliphatic rings. The van der Waals surface area contributed by atoms with Gasteiger partial charge in [0.25, 0.3) is 5.91 Å². The molecule has 1 aromatic heterocycles. The molecule has 0 fully saturated rings. The molecule has 1 amide bonds. The molecule has 0 aliphatic heterocycles. The van der Waals surface area contributed by atoms with Gasteiger partial charge in [-0.15, -0.1) is 0 Å². The smallest absolute Gasteiger partial charge is 0.255 e. The van der Waals surface area contributed by atoms with Gasteiger partial charge in [0.05, 0.1) is 12.0 Å². The molecule has 4 nitrogen and oxygen atoms in total. The third kappa shape index (κ3) is 9.30. The van der Waals surface area contributed by atoms with Gasteiger partial charge in [-0.3, -0.25) is 4.79 Å². The molecule has 3 aromatic rings. The first-order valence-electron chi connectivity index (χ1n) is 13.9. The molecule has 3 rings (SSSR count). The number of unbranched alkanes of at least 4 members (excludes halogenated alkanes) is 7. The normalized spacial score (nSPS) is 11.5. The van der Waals surface area contributed by atoms with E-state index in [1.54, 1.807) is 11.3 Å². The first-order chi connectivity index (χ1) is 17.8. The quantitative estimate of drug-likeness (QED) is 0.171. The van der Waals surface area contributed by atoms with E-state index >= 15 is 0 Å². The van der Waals surface area contributed by atoms with E-state index in [1.807, 2.05) is 36.4 Å². The summed E-state index contributed by atoms with van der Waals surface area (Å²) in [6, 6.07) is 13.9. The maximum atomic E-state index is 13.2. The molecule has 0 atom stereocenters. The van der Waals surface area contributed by atoms with Crippen molar-refractivity contribution in [1.82, 2.24) is 0 Å². The number of thiazole rings is 1. The standard InChI is InChI=1S/C32H44N2O2S/c1-6-7-8-9-10-11-12-13-19-36-30-18-17-27(21-29(30)32(3,4)5)31(35)33-28-16-14-15-26(20-28)22-34-24-37-23-25(34)2/h14-18,20-21,23-24H,6-13,19,22H2,1-5H3/p+1. The van der Waals surface area contributed by atoms with Crippen LogP contribution in [0.4, 0.5) is 5.69 Å². The Kier molecular flexibility index (Phi) is 11.2. The molecule has 0 aliphatic carbocycles. The van der Waals surface area contributed by atoms with Gasteiger partial charge in [-0.25, -0.2) is 0 Å². The van der Waals surface area contributed by atoms with Crippen LogP contribution in [0.1, 0.15) is 106 Å². The van der Waals surface area contributed by atoms with Crippen molar-refractivity contribution >= 4 is 22.9 Å². The third-order valence-corrected chi connectivity index (χ3v) is 7.58. The second kappa shape index (κ2) is 14.3. The van der Waals surface area contributed by atoms with Crippen LogP contribution in [0.15, 0.2) is 53.4 Å². The highest BCUT2D eigenvalue weighted by Gasteiger charge is 2.21. The highest BCUT2D eigenvalue weighted by atomic mass is 32.1. The summed E-state index contributed by atoms with van der Waals surface area (Å²) in [5.74, 6) is 0.786. The summed E-state index contributed by atoms with van der Waals surface area (Å²) in [7, 11) is 0. The Hall–Kier alpha value is -2.66. The number of carbonyl (C=O) groups is 1. The van der Waals surface area contributed by atoms with Crippen LogP contribution in [0.25, 0.3) is 0 Å². The second-order valence-corrected chi connectivity index (χ2v) is 11.8. The van der Waals surface area contributed by atoms with E-state index in [0.717, 1.165) is 42.1 Å². The highest BCUT2D eigenvalue weighted by molar-refractivity contribution is 7.07. The fraction of sp³-hybridized carbons (Fsp3) is 0.500. The van der Waals surface area contributed by atoms with Crippen molar-refractivity contribution in [2.45, 2.75) is 97.9 Å². The minimum absolute atomic E-state index is 0.100. The molecule has 5 heteroatoms. The Morgan fingerprint density at radius 2 is 1.70 bits per heavy atom. The number of nitrogens with zero attached hydrogens (tertiary/aromatic N) is 1. The molecule has 1 N–H and O–H groups in total.